The van der Waals surface area contributed by atoms with E-state index in [0.717, 1.165) is 11.1 Å². The first kappa shape index (κ1) is 12.4. The van der Waals surface area contributed by atoms with Crippen LogP contribution >= 0.6 is 23.2 Å². The van der Waals surface area contributed by atoms with Gasteiger partial charge in [0.15, 0.2) is 0 Å². The first-order valence-corrected chi connectivity index (χ1v) is 5.81. The van der Waals surface area contributed by atoms with Crippen LogP contribution in [0, 0.1) is 5.82 Å². The fourth-order valence-corrected chi connectivity index (χ4v) is 2.09. The molecule has 0 amide bonds. The number of benzene rings is 2. The van der Waals surface area contributed by atoms with Gasteiger partial charge in [-0.05, 0) is 41.5 Å². The Hall–Kier alpha value is -1.09. The summed E-state index contributed by atoms with van der Waals surface area (Å²) < 4.78 is 13.1. The van der Waals surface area contributed by atoms with Crippen LogP contribution in [0.3, 0.4) is 0 Å². The summed E-state index contributed by atoms with van der Waals surface area (Å²) in [4.78, 5) is 0. The van der Waals surface area contributed by atoms with E-state index < -0.39 is 0 Å². The molecule has 0 fully saturated rings. The van der Waals surface area contributed by atoms with Gasteiger partial charge in [-0.3, -0.25) is 0 Å². The first-order valence-electron chi connectivity index (χ1n) is 5.05. The van der Waals surface area contributed by atoms with Gasteiger partial charge in [0.2, 0.25) is 0 Å². The van der Waals surface area contributed by atoms with Crippen molar-refractivity contribution in [2.75, 3.05) is 0 Å². The van der Waals surface area contributed by atoms with Crippen molar-refractivity contribution in [1.82, 2.24) is 0 Å². The zero-order chi connectivity index (χ0) is 12.4. The summed E-state index contributed by atoms with van der Waals surface area (Å²) in [7, 11) is 0. The van der Waals surface area contributed by atoms with Crippen molar-refractivity contribution in [2.24, 2.45) is 5.73 Å². The number of hydrogen-bond donors (Lipinski definition) is 1. The van der Waals surface area contributed by atoms with E-state index in [1.807, 2.05) is 0 Å². The van der Waals surface area contributed by atoms with Crippen LogP contribution in [0.4, 0.5) is 4.39 Å². The molecule has 0 saturated carbocycles. The summed E-state index contributed by atoms with van der Waals surface area (Å²) in [5.74, 6) is -0.313. The van der Waals surface area contributed by atoms with Crippen LogP contribution in [-0.4, -0.2) is 0 Å². The molecule has 0 radical (unpaired) electrons. The van der Waals surface area contributed by atoms with Gasteiger partial charge in [-0.25, -0.2) is 4.39 Å². The Bertz CT molecular complexity index is 555. The number of halogens is 3. The summed E-state index contributed by atoms with van der Waals surface area (Å²) in [6.07, 6.45) is 0. The predicted octanol–water partition coefficient (Wildman–Crippen LogP) is 4.26. The molecule has 4 heteroatoms. The number of hydrogen-bond acceptors (Lipinski definition) is 1. The molecule has 0 saturated heterocycles. The van der Waals surface area contributed by atoms with Gasteiger partial charge in [-0.1, -0.05) is 29.3 Å². The molecule has 1 nitrogen and oxygen atoms in total. The van der Waals surface area contributed by atoms with Crippen molar-refractivity contribution < 1.29 is 4.39 Å². The van der Waals surface area contributed by atoms with Crippen molar-refractivity contribution >= 4 is 23.2 Å². The van der Waals surface area contributed by atoms with Gasteiger partial charge in [0, 0.05) is 22.2 Å². The Kier molecular flexibility index (Phi) is 3.67. The Morgan fingerprint density at radius 2 is 1.76 bits per heavy atom. The van der Waals surface area contributed by atoms with E-state index in [2.05, 4.69) is 0 Å². The minimum atomic E-state index is -0.313. The Morgan fingerprint density at radius 1 is 1.00 bits per heavy atom. The zero-order valence-electron chi connectivity index (χ0n) is 8.88. The third-order valence-corrected chi connectivity index (χ3v) is 3.07. The largest absolute Gasteiger partial charge is 0.326 e. The van der Waals surface area contributed by atoms with Crippen molar-refractivity contribution in [1.29, 1.82) is 0 Å². The molecule has 0 aliphatic rings. The summed E-state index contributed by atoms with van der Waals surface area (Å²) in [6.45, 7) is 0.246. The molecule has 0 aliphatic carbocycles. The molecule has 2 rings (SSSR count). The fourth-order valence-electron chi connectivity index (χ4n) is 1.70. The molecule has 2 aromatic rings. The summed E-state index contributed by atoms with van der Waals surface area (Å²) in [5, 5.41) is 1.15. The molecular formula is C13H10Cl2FN. The molecule has 0 aromatic heterocycles. The minimum Gasteiger partial charge on any atom is -0.326 e. The zero-order valence-corrected chi connectivity index (χ0v) is 10.4. The predicted molar refractivity (Wildman–Crippen MR) is 69.7 cm³/mol. The molecule has 0 spiro atoms. The lowest BCUT2D eigenvalue weighted by molar-refractivity contribution is 0.625. The molecule has 2 aromatic carbocycles. The van der Waals surface area contributed by atoms with Gasteiger partial charge in [0.05, 0.1) is 0 Å². The van der Waals surface area contributed by atoms with Crippen LogP contribution < -0.4 is 5.73 Å². The lowest BCUT2D eigenvalue weighted by atomic mass is 9.99. The van der Waals surface area contributed by atoms with E-state index in [1.54, 1.807) is 24.3 Å². The standard InChI is InChI=1S/C13H10Cl2FN/c14-9-1-4-13(15)12(6-9)11-3-2-10(16)5-8(11)7-17/h1-6H,7,17H2. The highest BCUT2D eigenvalue weighted by atomic mass is 35.5. The van der Waals surface area contributed by atoms with Crippen molar-refractivity contribution in [3.8, 4) is 11.1 Å². The Labute approximate surface area is 109 Å². The highest BCUT2D eigenvalue weighted by molar-refractivity contribution is 6.35. The SMILES string of the molecule is NCc1cc(F)ccc1-c1cc(Cl)ccc1Cl. The quantitative estimate of drug-likeness (QED) is 0.866. The normalized spacial score (nSPS) is 10.6. The molecule has 0 atom stereocenters. The van der Waals surface area contributed by atoms with Crippen molar-refractivity contribution in [3.05, 3.63) is 57.8 Å². The summed E-state index contributed by atoms with van der Waals surface area (Å²) >= 11 is 12.0. The van der Waals surface area contributed by atoms with Crippen LogP contribution in [0.5, 0.6) is 0 Å². The van der Waals surface area contributed by atoms with E-state index in [0.29, 0.717) is 15.6 Å². The third-order valence-electron chi connectivity index (χ3n) is 2.51. The first-order chi connectivity index (χ1) is 8.11. The molecule has 0 heterocycles. The molecule has 0 unspecified atom stereocenters. The maximum atomic E-state index is 13.1. The molecule has 88 valence electrons. The van der Waals surface area contributed by atoms with Gasteiger partial charge in [-0.15, -0.1) is 0 Å². The average Bonchev–Trinajstić information content (AvgIpc) is 2.32. The van der Waals surface area contributed by atoms with Crippen molar-refractivity contribution in [3.63, 3.8) is 0 Å². The van der Waals surface area contributed by atoms with Crippen LogP contribution in [0.15, 0.2) is 36.4 Å². The molecule has 17 heavy (non-hydrogen) atoms. The minimum absolute atomic E-state index is 0.246. The average molecular weight is 270 g/mol. The van der Waals surface area contributed by atoms with E-state index in [4.69, 9.17) is 28.9 Å². The van der Waals surface area contributed by atoms with Gasteiger partial charge in [0.25, 0.3) is 0 Å². The molecule has 0 bridgehead atoms. The maximum absolute atomic E-state index is 13.1. The van der Waals surface area contributed by atoms with Crippen LogP contribution in [0.1, 0.15) is 5.56 Å². The summed E-state index contributed by atoms with van der Waals surface area (Å²) in [5.41, 5.74) is 7.88. The van der Waals surface area contributed by atoms with E-state index in [-0.39, 0.29) is 12.4 Å². The second kappa shape index (κ2) is 5.05. The maximum Gasteiger partial charge on any atom is 0.123 e. The smallest absolute Gasteiger partial charge is 0.123 e. The second-order valence-electron chi connectivity index (χ2n) is 3.63. The number of nitrogens with two attached hydrogens (primary N) is 1. The number of rotatable bonds is 2. The van der Waals surface area contributed by atoms with Crippen LogP contribution in [-0.2, 0) is 6.54 Å². The summed E-state index contributed by atoms with van der Waals surface area (Å²) in [6, 6.07) is 9.62. The van der Waals surface area contributed by atoms with Crippen LogP contribution in [0.2, 0.25) is 10.0 Å². The highest BCUT2D eigenvalue weighted by Crippen LogP contribution is 2.32. The lowest BCUT2D eigenvalue weighted by Gasteiger charge is -2.10. The van der Waals surface area contributed by atoms with Gasteiger partial charge in [0.1, 0.15) is 5.82 Å². The Balaban J connectivity index is 2.63. The van der Waals surface area contributed by atoms with E-state index in [9.17, 15) is 4.39 Å². The Morgan fingerprint density at radius 3 is 2.47 bits per heavy atom. The van der Waals surface area contributed by atoms with Gasteiger partial charge < -0.3 is 5.73 Å². The molecule has 0 aliphatic heterocycles. The van der Waals surface area contributed by atoms with E-state index >= 15 is 0 Å². The topological polar surface area (TPSA) is 26.0 Å². The monoisotopic (exact) mass is 269 g/mol. The fraction of sp³-hybridized carbons (Fsp3) is 0.0769. The third kappa shape index (κ3) is 2.60. The van der Waals surface area contributed by atoms with Gasteiger partial charge >= 0.3 is 0 Å². The second-order valence-corrected chi connectivity index (χ2v) is 4.47. The van der Waals surface area contributed by atoms with Gasteiger partial charge in [-0.2, -0.15) is 0 Å². The molecular weight excluding hydrogens is 260 g/mol. The lowest BCUT2D eigenvalue weighted by Crippen LogP contribution is -2.00. The van der Waals surface area contributed by atoms with Crippen LogP contribution in [0.25, 0.3) is 11.1 Å². The van der Waals surface area contributed by atoms with Crippen molar-refractivity contribution in [2.45, 2.75) is 6.54 Å². The van der Waals surface area contributed by atoms with E-state index in [1.165, 1.54) is 12.1 Å². The highest BCUT2D eigenvalue weighted by Gasteiger charge is 2.09. The molecule has 2 N–H and O–H groups in total.